The summed E-state index contributed by atoms with van der Waals surface area (Å²) in [5.74, 6) is 0.860. The lowest BCUT2D eigenvalue weighted by molar-refractivity contribution is 0.384. The van der Waals surface area contributed by atoms with E-state index in [0.717, 1.165) is 25.3 Å². The topological polar surface area (TPSA) is 60.0 Å². The highest BCUT2D eigenvalue weighted by Gasteiger charge is 2.00. The van der Waals surface area contributed by atoms with E-state index in [1.165, 1.54) is 0 Å². The molecular formula is C8H17N5. The van der Waals surface area contributed by atoms with Crippen LogP contribution in [0.3, 0.4) is 0 Å². The third-order valence-corrected chi connectivity index (χ3v) is 1.88. The van der Waals surface area contributed by atoms with Crippen molar-refractivity contribution >= 4 is 0 Å². The Kier molecular flexibility index (Phi) is 3.85. The fourth-order valence-corrected chi connectivity index (χ4v) is 1.18. The summed E-state index contributed by atoms with van der Waals surface area (Å²) in [5, 5.41) is 7.72. The van der Waals surface area contributed by atoms with E-state index in [-0.39, 0.29) is 0 Å². The van der Waals surface area contributed by atoms with Gasteiger partial charge in [-0.15, -0.1) is 10.2 Å². The van der Waals surface area contributed by atoms with Crippen LogP contribution in [0, 0.1) is 0 Å². The Morgan fingerprint density at radius 3 is 2.92 bits per heavy atom. The summed E-state index contributed by atoms with van der Waals surface area (Å²) in [4.78, 5) is 2.16. The molecule has 0 amide bonds. The number of hydrogen-bond acceptors (Lipinski definition) is 4. The zero-order chi connectivity index (χ0) is 9.68. The number of nitrogens with zero attached hydrogens (tertiary/aromatic N) is 4. The lowest BCUT2D eigenvalue weighted by Crippen LogP contribution is -2.16. The van der Waals surface area contributed by atoms with E-state index in [1.54, 1.807) is 6.33 Å². The highest BCUT2D eigenvalue weighted by Crippen LogP contribution is 1.96. The average Bonchev–Trinajstić information content (AvgIpc) is 2.51. The summed E-state index contributed by atoms with van der Waals surface area (Å²) in [6, 6.07) is 0. The third kappa shape index (κ3) is 3.12. The average molecular weight is 183 g/mol. The van der Waals surface area contributed by atoms with Crippen LogP contribution in [-0.2, 0) is 13.1 Å². The van der Waals surface area contributed by atoms with Gasteiger partial charge in [0, 0.05) is 6.54 Å². The molecule has 1 rings (SSSR count). The number of hydrogen-bond donors (Lipinski definition) is 1. The zero-order valence-corrected chi connectivity index (χ0v) is 8.27. The normalized spacial score (nSPS) is 11.1. The molecule has 0 aliphatic heterocycles. The van der Waals surface area contributed by atoms with Gasteiger partial charge in [-0.05, 0) is 27.1 Å². The lowest BCUT2D eigenvalue weighted by atomic mass is 10.4. The van der Waals surface area contributed by atoms with Crippen LogP contribution >= 0.6 is 0 Å². The Bertz CT molecular complexity index is 242. The quantitative estimate of drug-likeness (QED) is 0.680. The fraction of sp³-hybridized carbons (Fsp3) is 0.750. The zero-order valence-electron chi connectivity index (χ0n) is 8.27. The van der Waals surface area contributed by atoms with Crippen LogP contribution in [0.4, 0.5) is 0 Å². The van der Waals surface area contributed by atoms with Crippen molar-refractivity contribution in [2.24, 2.45) is 5.73 Å². The molecule has 13 heavy (non-hydrogen) atoms. The SMILES string of the molecule is CN(C)CCCn1cnnc1CN. The molecule has 1 heterocycles. The van der Waals surface area contributed by atoms with Crippen molar-refractivity contribution < 1.29 is 0 Å². The second kappa shape index (κ2) is 4.94. The number of aromatic nitrogens is 3. The summed E-state index contributed by atoms with van der Waals surface area (Å²) in [6.45, 7) is 2.47. The third-order valence-electron chi connectivity index (χ3n) is 1.88. The van der Waals surface area contributed by atoms with E-state index >= 15 is 0 Å². The molecular weight excluding hydrogens is 166 g/mol. The van der Waals surface area contributed by atoms with Gasteiger partial charge in [-0.3, -0.25) is 0 Å². The van der Waals surface area contributed by atoms with Crippen LogP contribution < -0.4 is 5.73 Å². The van der Waals surface area contributed by atoms with Crippen molar-refractivity contribution in [2.45, 2.75) is 19.5 Å². The van der Waals surface area contributed by atoms with Gasteiger partial charge in [0.05, 0.1) is 6.54 Å². The first kappa shape index (κ1) is 10.1. The van der Waals surface area contributed by atoms with Gasteiger partial charge < -0.3 is 15.2 Å². The standard InChI is InChI=1S/C8H17N5/c1-12(2)4-3-5-13-7-10-11-8(13)6-9/h7H,3-6,9H2,1-2H3. The Balaban J connectivity index is 2.36. The summed E-state index contributed by atoms with van der Waals surface area (Å²) in [6.07, 6.45) is 2.83. The van der Waals surface area contributed by atoms with Gasteiger partial charge in [0.1, 0.15) is 12.2 Å². The summed E-state index contributed by atoms with van der Waals surface area (Å²) >= 11 is 0. The first-order valence-corrected chi connectivity index (χ1v) is 4.45. The van der Waals surface area contributed by atoms with Crippen LogP contribution in [-0.4, -0.2) is 40.3 Å². The van der Waals surface area contributed by atoms with Crippen LogP contribution in [0.15, 0.2) is 6.33 Å². The van der Waals surface area contributed by atoms with Crippen LogP contribution in [0.25, 0.3) is 0 Å². The molecule has 0 unspecified atom stereocenters. The Hall–Kier alpha value is -0.940. The molecule has 0 aliphatic carbocycles. The molecule has 0 fully saturated rings. The van der Waals surface area contributed by atoms with E-state index in [2.05, 4.69) is 29.2 Å². The van der Waals surface area contributed by atoms with Gasteiger partial charge in [0.2, 0.25) is 0 Å². The highest BCUT2D eigenvalue weighted by molar-refractivity contribution is 4.83. The smallest absolute Gasteiger partial charge is 0.146 e. The van der Waals surface area contributed by atoms with Crippen LogP contribution in [0.1, 0.15) is 12.2 Å². The molecule has 74 valence electrons. The van der Waals surface area contributed by atoms with Crippen molar-refractivity contribution in [1.29, 1.82) is 0 Å². The van der Waals surface area contributed by atoms with Gasteiger partial charge in [-0.1, -0.05) is 0 Å². The van der Waals surface area contributed by atoms with Gasteiger partial charge in [0.25, 0.3) is 0 Å². The van der Waals surface area contributed by atoms with Gasteiger partial charge in [-0.2, -0.15) is 0 Å². The van der Waals surface area contributed by atoms with Crippen LogP contribution in [0.5, 0.6) is 0 Å². The monoisotopic (exact) mass is 183 g/mol. The minimum absolute atomic E-state index is 0.460. The minimum atomic E-state index is 0.460. The lowest BCUT2D eigenvalue weighted by Gasteiger charge is -2.09. The first-order chi connectivity index (χ1) is 6.24. The van der Waals surface area contributed by atoms with Crippen molar-refractivity contribution in [3.8, 4) is 0 Å². The van der Waals surface area contributed by atoms with Crippen molar-refractivity contribution in [1.82, 2.24) is 19.7 Å². The molecule has 5 nitrogen and oxygen atoms in total. The van der Waals surface area contributed by atoms with Gasteiger partial charge >= 0.3 is 0 Å². The summed E-state index contributed by atoms with van der Waals surface area (Å²) in [7, 11) is 4.13. The number of rotatable bonds is 5. The molecule has 0 saturated heterocycles. The molecule has 0 saturated carbocycles. The molecule has 0 aromatic carbocycles. The molecule has 0 spiro atoms. The predicted molar refractivity (Wildman–Crippen MR) is 51.1 cm³/mol. The van der Waals surface area contributed by atoms with E-state index in [4.69, 9.17) is 5.73 Å². The Labute approximate surface area is 78.5 Å². The molecule has 1 aromatic heterocycles. The highest BCUT2D eigenvalue weighted by atomic mass is 15.3. The summed E-state index contributed by atoms with van der Waals surface area (Å²) < 4.78 is 2.00. The van der Waals surface area contributed by atoms with Gasteiger partial charge in [-0.25, -0.2) is 0 Å². The largest absolute Gasteiger partial charge is 0.324 e. The Morgan fingerprint density at radius 1 is 1.54 bits per heavy atom. The number of nitrogens with two attached hydrogens (primary N) is 1. The molecule has 0 bridgehead atoms. The molecule has 2 N–H and O–H groups in total. The van der Waals surface area contributed by atoms with Gasteiger partial charge in [0.15, 0.2) is 0 Å². The molecule has 0 radical (unpaired) electrons. The summed E-state index contributed by atoms with van der Waals surface area (Å²) in [5.41, 5.74) is 5.49. The van der Waals surface area contributed by atoms with E-state index in [0.29, 0.717) is 6.54 Å². The molecule has 5 heteroatoms. The molecule has 1 aromatic rings. The Morgan fingerprint density at radius 2 is 2.31 bits per heavy atom. The maximum atomic E-state index is 5.49. The minimum Gasteiger partial charge on any atom is -0.324 e. The van der Waals surface area contributed by atoms with E-state index < -0.39 is 0 Å². The van der Waals surface area contributed by atoms with E-state index in [9.17, 15) is 0 Å². The maximum absolute atomic E-state index is 5.49. The van der Waals surface area contributed by atoms with Crippen molar-refractivity contribution in [3.63, 3.8) is 0 Å². The van der Waals surface area contributed by atoms with E-state index in [1.807, 2.05) is 4.57 Å². The van der Waals surface area contributed by atoms with Crippen molar-refractivity contribution in [2.75, 3.05) is 20.6 Å². The second-order valence-corrected chi connectivity index (χ2v) is 3.30. The maximum Gasteiger partial charge on any atom is 0.146 e. The second-order valence-electron chi connectivity index (χ2n) is 3.30. The van der Waals surface area contributed by atoms with Crippen molar-refractivity contribution in [3.05, 3.63) is 12.2 Å². The molecule has 0 atom stereocenters. The first-order valence-electron chi connectivity index (χ1n) is 4.45. The van der Waals surface area contributed by atoms with Crippen LogP contribution in [0.2, 0.25) is 0 Å². The predicted octanol–water partition coefficient (Wildman–Crippen LogP) is -0.311. The fourth-order valence-electron chi connectivity index (χ4n) is 1.18. The molecule has 0 aliphatic rings. The number of aryl methyl sites for hydroxylation is 1.